The van der Waals surface area contributed by atoms with Crippen LogP contribution in [0.15, 0.2) is 101 Å². The molecule has 4 aromatic carbocycles. The number of esters is 1. The third kappa shape index (κ3) is 6.39. The Morgan fingerprint density at radius 1 is 0.886 bits per heavy atom. The third-order valence-corrected chi connectivity index (χ3v) is 5.49. The van der Waals surface area contributed by atoms with Crippen LogP contribution in [-0.2, 0) is 4.79 Å². The van der Waals surface area contributed by atoms with Crippen molar-refractivity contribution in [3.05, 3.63) is 112 Å². The summed E-state index contributed by atoms with van der Waals surface area (Å²) in [5.74, 6) is -0.885. The monoisotopic (exact) mass is 529 g/mol. The smallest absolute Gasteiger partial charge is 0.344 e. The molecule has 35 heavy (non-hydrogen) atoms. The van der Waals surface area contributed by atoms with Crippen LogP contribution in [0.2, 0.25) is 0 Å². The number of fused-ring (bicyclic) bond motifs is 1. The number of halogens is 1. The lowest BCUT2D eigenvalue weighted by Crippen LogP contribution is -2.34. The summed E-state index contributed by atoms with van der Waals surface area (Å²) < 4.78 is 6.28. The van der Waals surface area contributed by atoms with Gasteiger partial charge >= 0.3 is 5.97 Å². The second-order valence-electron chi connectivity index (χ2n) is 7.47. The van der Waals surface area contributed by atoms with Gasteiger partial charge < -0.3 is 10.1 Å². The van der Waals surface area contributed by atoms with Crippen LogP contribution in [0.5, 0.6) is 5.75 Å². The van der Waals surface area contributed by atoms with Crippen molar-refractivity contribution >= 4 is 50.7 Å². The lowest BCUT2D eigenvalue weighted by molar-refractivity contribution is -0.120. The van der Waals surface area contributed by atoms with E-state index in [1.807, 2.05) is 36.4 Å². The van der Waals surface area contributed by atoms with Crippen molar-refractivity contribution in [2.24, 2.45) is 5.10 Å². The number of hydrazone groups is 1. The molecule has 0 aliphatic rings. The zero-order chi connectivity index (χ0) is 24.6. The van der Waals surface area contributed by atoms with Crippen LogP contribution in [0.25, 0.3) is 10.8 Å². The van der Waals surface area contributed by atoms with E-state index >= 15 is 0 Å². The van der Waals surface area contributed by atoms with Gasteiger partial charge in [0.2, 0.25) is 0 Å². The second-order valence-corrected chi connectivity index (χ2v) is 8.39. The van der Waals surface area contributed by atoms with Crippen molar-refractivity contribution in [2.75, 3.05) is 6.54 Å². The molecule has 7 nitrogen and oxygen atoms in total. The maximum absolute atomic E-state index is 12.6. The Morgan fingerprint density at radius 3 is 2.43 bits per heavy atom. The van der Waals surface area contributed by atoms with E-state index in [4.69, 9.17) is 4.74 Å². The Morgan fingerprint density at radius 2 is 1.63 bits per heavy atom. The highest BCUT2D eigenvalue weighted by Crippen LogP contribution is 2.21. The predicted octanol–water partition coefficient (Wildman–Crippen LogP) is 4.70. The molecule has 0 saturated heterocycles. The fourth-order valence-corrected chi connectivity index (χ4v) is 3.70. The van der Waals surface area contributed by atoms with Gasteiger partial charge in [-0.3, -0.25) is 9.59 Å². The molecule has 0 atom stereocenters. The van der Waals surface area contributed by atoms with Gasteiger partial charge in [0, 0.05) is 10.0 Å². The minimum Gasteiger partial charge on any atom is -0.423 e. The summed E-state index contributed by atoms with van der Waals surface area (Å²) >= 11 is 3.30. The van der Waals surface area contributed by atoms with E-state index in [1.165, 1.54) is 6.21 Å². The summed E-state index contributed by atoms with van der Waals surface area (Å²) in [6.45, 7) is -0.217. The summed E-state index contributed by atoms with van der Waals surface area (Å²) in [5, 5.41) is 8.21. The van der Waals surface area contributed by atoms with Crippen molar-refractivity contribution < 1.29 is 19.1 Å². The van der Waals surface area contributed by atoms with Gasteiger partial charge in [-0.25, -0.2) is 10.2 Å². The number of rotatable bonds is 7. The molecule has 174 valence electrons. The molecule has 0 heterocycles. The molecule has 0 bridgehead atoms. The Labute approximate surface area is 209 Å². The first-order chi connectivity index (χ1) is 17.0. The van der Waals surface area contributed by atoms with Gasteiger partial charge in [-0.2, -0.15) is 5.10 Å². The SMILES string of the molecule is O=C(CNC(=O)c1cccc(Br)c1)N/N=C\c1ccc(OC(=O)c2cccc3ccccc23)cc1. The standard InChI is InChI=1S/C27H20BrN3O4/c28-21-8-3-7-20(15-21)26(33)29-17-25(32)31-30-16-18-11-13-22(14-12-18)35-27(34)24-10-4-6-19-5-1-2-9-23(19)24/h1-16H,17H2,(H,29,33)(H,31,32)/b30-16-. The Hall–Kier alpha value is -4.30. The predicted molar refractivity (Wildman–Crippen MR) is 138 cm³/mol. The van der Waals surface area contributed by atoms with Gasteiger partial charge in [-0.05, 0) is 64.9 Å². The quantitative estimate of drug-likeness (QED) is 0.157. The first-order valence-electron chi connectivity index (χ1n) is 10.7. The first-order valence-corrected chi connectivity index (χ1v) is 11.4. The van der Waals surface area contributed by atoms with Crippen LogP contribution in [0.1, 0.15) is 26.3 Å². The fourth-order valence-electron chi connectivity index (χ4n) is 3.30. The number of amides is 2. The molecule has 0 spiro atoms. The molecule has 0 aliphatic carbocycles. The van der Waals surface area contributed by atoms with Crippen LogP contribution in [-0.4, -0.2) is 30.5 Å². The maximum Gasteiger partial charge on any atom is 0.344 e. The van der Waals surface area contributed by atoms with E-state index in [9.17, 15) is 14.4 Å². The second kappa shape index (κ2) is 11.2. The van der Waals surface area contributed by atoms with Crippen LogP contribution in [0, 0.1) is 0 Å². The van der Waals surface area contributed by atoms with Crippen LogP contribution in [0.4, 0.5) is 0 Å². The molecule has 8 heteroatoms. The third-order valence-electron chi connectivity index (χ3n) is 5.00. The van der Waals surface area contributed by atoms with E-state index in [2.05, 4.69) is 31.8 Å². The summed E-state index contributed by atoms with van der Waals surface area (Å²) in [5.41, 5.74) is 3.98. The zero-order valence-corrected chi connectivity index (χ0v) is 20.0. The number of ether oxygens (including phenoxy) is 1. The number of carbonyl (C=O) groups is 3. The summed E-state index contributed by atoms with van der Waals surface area (Å²) in [6.07, 6.45) is 1.45. The average Bonchev–Trinajstić information content (AvgIpc) is 2.88. The normalized spacial score (nSPS) is 10.8. The van der Waals surface area contributed by atoms with Gasteiger partial charge in [-0.1, -0.05) is 58.4 Å². The van der Waals surface area contributed by atoms with Crippen LogP contribution < -0.4 is 15.5 Å². The molecule has 0 radical (unpaired) electrons. The summed E-state index contributed by atoms with van der Waals surface area (Å²) in [6, 6.07) is 26.7. The number of nitrogens with one attached hydrogen (secondary N) is 2. The van der Waals surface area contributed by atoms with Crippen molar-refractivity contribution in [3.8, 4) is 5.75 Å². The van der Waals surface area contributed by atoms with Gasteiger partial charge in [-0.15, -0.1) is 0 Å². The van der Waals surface area contributed by atoms with E-state index in [0.717, 1.165) is 15.2 Å². The van der Waals surface area contributed by atoms with Gasteiger partial charge in [0.1, 0.15) is 5.75 Å². The highest BCUT2D eigenvalue weighted by atomic mass is 79.9. The highest BCUT2D eigenvalue weighted by molar-refractivity contribution is 9.10. The van der Waals surface area contributed by atoms with Crippen molar-refractivity contribution in [2.45, 2.75) is 0 Å². The van der Waals surface area contributed by atoms with E-state index in [0.29, 0.717) is 22.4 Å². The molecular formula is C27H20BrN3O4. The minimum absolute atomic E-state index is 0.217. The molecule has 4 rings (SSSR count). The molecule has 0 fully saturated rings. The van der Waals surface area contributed by atoms with Crippen molar-refractivity contribution in [1.82, 2.24) is 10.7 Å². The first kappa shape index (κ1) is 23.8. The van der Waals surface area contributed by atoms with Gasteiger partial charge in [0.25, 0.3) is 11.8 Å². The topological polar surface area (TPSA) is 96.9 Å². The Bertz CT molecular complexity index is 1410. The lowest BCUT2D eigenvalue weighted by atomic mass is 10.0. The van der Waals surface area contributed by atoms with Crippen LogP contribution in [0.3, 0.4) is 0 Å². The van der Waals surface area contributed by atoms with Crippen LogP contribution >= 0.6 is 15.9 Å². The minimum atomic E-state index is -0.467. The maximum atomic E-state index is 12.6. The largest absolute Gasteiger partial charge is 0.423 e. The number of hydrogen-bond donors (Lipinski definition) is 2. The van der Waals surface area contributed by atoms with E-state index in [1.54, 1.807) is 54.6 Å². The Balaban J connectivity index is 1.28. The lowest BCUT2D eigenvalue weighted by Gasteiger charge is -2.07. The zero-order valence-electron chi connectivity index (χ0n) is 18.4. The summed E-state index contributed by atoms with van der Waals surface area (Å²) in [7, 11) is 0. The van der Waals surface area contributed by atoms with E-state index in [-0.39, 0.29) is 12.5 Å². The van der Waals surface area contributed by atoms with Crippen molar-refractivity contribution in [1.29, 1.82) is 0 Å². The molecular weight excluding hydrogens is 510 g/mol. The number of nitrogens with zero attached hydrogens (tertiary/aromatic N) is 1. The molecule has 0 aliphatic heterocycles. The van der Waals surface area contributed by atoms with Gasteiger partial charge in [0.15, 0.2) is 0 Å². The molecule has 0 aromatic heterocycles. The molecule has 2 amide bonds. The number of benzene rings is 4. The molecule has 2 N–H and O–H groups in total. The molecule has 0 saturated carbocycles. The van der Waals surface area contributed by atoms with Crippen molar-refractivity contribution in [3.63, 3.8) is 0 Å². The summed E-state index contributed by atoms with van der Waals surface area (Å²) in [4.78, 5) is 36.7. The number of hydrogen-bond acceptors (Lipinski definition) is 5. The number of carbonyl (C=O) groups excluding carboxylic acids is 3. The Kier molecular flexibility index (Phi) is 7.64. The molecule has 0 unspecified atom stereocenters. The average molecular weight is 530 g/mol. The highest BCUT2D eigenvalue weighted by Gasteiger charge is 2.12. The van der Waals surface area contributed by atoms with Gasteiger partial charge in [0.05, 0.1) is 18.3 Å². The fraction of sp³-hybridized carbons (Fsp3) is 0.0370. The molecule has 4 aromatic rings. The van der Waals surface area contributed by atoms with E-state index < -0.39 is 11.9 Å².